The summed E-state index contributed by atoms with van der Waals surface area (Å²) in [6.45, 7) is 3.45. The van der Waals surface area contributed by atoms with Crippen LogP contribution in [0.3, 0.4) is 0 Å². The Hall–Kier alpha value is -2.31. The van der Waals surface area contributed by atoms with Gasteiger partial charge < -0.3 is 10.4 Å². The second-order valence-electron chi connectivity index (χ2n) is 3.54. The van der Waals surface area contributed by atoms with E-state index in [4.69, 9.17) is 5.11 Å². The molecule has 2 N–H and O–H groups in total. The van der Waals surface area contributed by atoms with E-state index in [1.807, 2.05) is 13.8 Å². The number of fused-ring (bicyclic) bond motifs is 1. The Morgan fingerprint density at radius 3 is 2.71 bits per heavy atom. The Balaban J connectivity index is 2.49. The zero-order valence-corrected chi connectivity index (χ0v) is 9.43. The van der Waals surface area contributed by atoms with E-state index in [0.29, 0.717) is 17.0 Å². The van der Waals surface area contributed by atoms with Crippen LogP contribution in [0.5, 0.6) is 0 Å². The van der Waals surface area contributed by atoms with Crippen LogP contribution in [0.2, 0.25) is 0 Å². The summed E-state index contributed by atoms with van der Waals surface area (Å²) in [5, 5.41) is 11.3. The number of hydrogen-bond donors (Lipinski definition) is 2. The molecule has 2 aromatic heterocycles. The lowest BCUT2D eigenvalue weighted by atomic mass is 10.3. The summed E-state index contributed by atoms with van der Waals surface area (Å²) in [6, 6.07) is 0. The predicted octanol–water partition coefficient (Wildman–Crippen LogP) is 0.533. The summed E-state index contributed by atoms with van der Waals surface area (Å²) in [6.07, 6.45) is 1.33. The number of rotatable bonds is 3. The lowest BCUT2D eigenvalue weighted by molar-refractivity contribution is -0.134. The van der Waals surface area contributed by atoms with Crippen molar-refractivity contribution in [3.05, 3.63) is 17.7 Å². The molecule has 0 aliphatic carbocycles. The molecule has 7 nitrogen and oxygen atoms in total. The van der Waals surface area contributed by atoms with Gasteiger partial charge in [0.25, 0.3) is 0 Å². The highest BCUT2D eigenvalue weighted by Crippen LogP contribution is 2.16. The van der Waals surface area contributed by atoms with Crippen LogP contribution in [0.4, 0.5) is 5.82 Å². The molecule has 0 atom stereocenters. The fourth-order valence-electron chi connectivity index (χ4n) is 1.33. The highest BCUT2D eigenvalue weighted by molar-refractivity contribution is 5.84. The van der Waals surface area contributed by atoms with Crippen molar-refractivity contribution in [2.24, 2.45) is 0 Å². The number of carboxylic acids is 1. The van der Waals surface area contributed by atoms with Crippen LogP contribution in [-0.4, -0.2) is 37.6 Å². The smallest absolute Gasteiger partial charge is 0.322 e. The van der Waals surface area contributed by atoms with Crippen molar-refractivity contribution in [2.75, 3.05) is 11.9 Å². The first kappa shape index (κ1) is 11.2. The Morgan fingerprint density at radius 1 is 1.29 bits per heavy atom. The maximum Gasteiger partial charge on any atom is 0.322 e. The minimum atomic E-state index is -0.964. The largest absolute Gasteiger partial charge is 0.480 e. The normalized spacial score (nSPS) is 10.5. The minimum absolute atomic E-state index is 0.222. The lowest BCUT2D eigenvalue weighted by Crippen LogP contribution is -2.14. The lowest BCUT2D eigenvalue weighted by Gasteiger charge is -2.06. The van der Waals surface area contributed by atoms with Gasteiger partial charge in [0.05, 0.1) is 11.4 Å². The topological polar surface area (TPSA) is 101 Å². The highest BCUT2D eigenvalue weighted by atomic mass is 16.4. The summed E-state index contributed by atoms with van der Waals surface area (Å²) >= 11 is 0. The van der Waals surface area contributed by atoms with E-state index in [-0.39, 0.29) is 6.54 Å². The fourth-order valence-corrected chi connectivity index (χ4v) is 1.33. The SMILES string of the molecule is Cc1nc2ncnc(NCC(=O)O)c2nc1C. The van der Waals surface area contributed by atoms with Gasteiger partial charge in [0.1, 0.15) is 12.9 Å². The maximum absolute atomic E-state index is 10.5. The number of carbonyl (C=O) groups is 1. The number of aromatic nitrogens is 4. The Labute approximate surface area is 97.0 Å². The van der Waals surface area contributed by atoms with Gasteiger partial charge in [-0.05, 0) is 13.8 Å². The molecular formula is C10H11N5O2. The molecule has 0 aromatic carbocycles. The number of aryl methyl sites for hydroxylation is 2. The first-order chi connectivity index (χ1) is 8.08. The van der Waals surface area contributed by atoms with Gasteiger partial charge in [-0.25, -0.2) is 19.9 Å². The van der Waals surface area contributed by atoms with E-state index < -0.39 is 5.97 Å². The van der Waals surface area contributed by atoms with Crippen molar-refractivity contribution >= 4 is 23.0 Å². The van der Waals surface area contributed by atoms with Gasteiger partial charge in [-0.3, -0.25) is 4.79 Å². The summed E-state index contributed by atoms with van der Waals surface area (Å²) in [5.74, 6) is -0.582. The molecular weight excluding hydrogens is 222 g/mol. The van der Waals surface area contributed by atoms with Gasteiger partial charge in [-0.2, -0.15) is 0 Å². The van der Waals surface area contributed by atoms with Crippen molar-refractivity contribution in [3.63, 3.8) is 0 Å². The molecule has 0 saturated heterocycles. The van der Waals surface area contributed by atoms with Crippen molar-refractivity contribution < 1.29 is 9.90 Å². The van der Waals surface area contributed by atoms with Gasteiger partial charge in [-0.15, -0.1) is 0 Å². The molecule has 0 fully saturated rings. The fraction of sp³-hybridized carbons (Fsp3) is 0.300. The predicted molar refractivity (Wildman–Crippen MR) is 60.7 cm³/mol. The van der Waals surface area contributed by atoms with E-state index in [2.05, 4.69) is 25.3 Å². The number of hydrogen-bond acceptors (Lipinski definition) is 6. The monoisotopic (exact) mass is 233 g/mol. The highest BCUT2D eigenvalue weighted by Gasteiger charge is 2.09. The van der Waals surface area contributed by atoms with E-state index >= 15 is 0 Å². The third-order valence-corrected chi connectivity index (χ3v) is 2.29. The van der Waals surface area contributed by atoms with Crippen LogP contribution in [0, 0.1) is 13.8 Å². The molecule has 0 saturated carbocycles. The molecule has 0 aliphatic heterocycles. The molecule has 0 radical (unpaired) electrons. The molecule has 2 rings (SSSR count). The van der Waals surface area contributed by atoms with Crippen LogP contribution in [-0.2, 0) is 4.79 Å². The number of anilines is 1. The van der Waals surface area contributed by atoms with Crippen molar-refractivity contribution in [3.8, 4) is 0 Å². The zero-order chi connectivity index (χ0) is 12.4. The van der Waals surface area contributed by atoms with Crippen molar-refractivity contribution in [1.82, 2.24) is 19.9 Å². The van der Waals surface area contributed by atoms with Gasteiger partial charge >= 0.3 is 5.97 Å². The van der Waals surface area contributed by atoms with Gasteiger partial charge in [-0.1, -0.05) is 0 Å². The molecule has 0 aliphatic rings. The Kier molecular flexibility index (Phi) is 2.82. The number of nitrogens with one attached hydrogen (secondary N) is 1. The third-order valence-electron chi connectivity index (χ3n) is 2.29. The first-order valence-corrected chi connectivity index (χ1v) is 4.99. The average molecular weight is 233 g/mol. The second kappa shape index (κ2) is 4.28. The molecule has 7 heteroatoms. The third kappa shape index (κ3) is 2.27. The summed E-state index contributed by atoms with van der Waals surface area (Å²) in [5.41, 5.74) is 2.50. The molecule has 17 heavy (non-hydrogen) atoms. The molecule has 0 bridgehead atoms. The van der Waals surface area contributed by atoms with Gasteiger partial charge in [0.15, 0.2) is 17.0 Å². The second-order valence-corrected chi connectivity index (χ2v) is 3.54. The number of nitrogens with zero attached hydrogens (tertiary/aromatic N) is 4. The quantitative estimate of drug-likeness (QED) is 0.797. The molecule has 2 heterocycles. The van der Waals surface area contributed by atoms with Crippen LogP contribution >= 0.6 is 0 Å². The summed E-state index contributed by atoms with van der Waals surface area (Å²) in [7, 11) is 0. The van der Waals surface area contributed by atoms with Crippen molar-refractivity contribution in [2.45, 2.75) is 13.8 Å². The maximum atomic E-state index is 10.5. The van der Waals surface area contributed by atoms with Crippen LogP contribution in [0.15, 0.2) is 6.33 Å². The van der Waals surface area contributed by atoms with Crippen molar-refractivity contribution in [1.29, 1.82) is 0 Å². The van der Waals surface area contributed by atoms with Crippen LogP contribution in [0.1, 0.15) is 11.4 Å². The Morgan fingerprint density at radius 2 is 2.00 bits per heavy atom. The summed E-state index contributed by atoms with van der Waals surface area (Å²) in [4.78, 5) is 27.0. The number of carboxylic acid groups (broad SMARTS) is 1. The zero-order valence-electron chi connectivity index (χ0n) is 9.43. The van der Waals surface area contributed by atoms with Crippen LogP contribution < -0.4 is 5.32 Å². The molecule has 88 valence electrons. The van der Waals surface area contributed by atoms with E-state index in [9.17, 15) is 4.79 Å². The average Bonchev–Trinajstić information content (AvgIpc) is 2.28. The molecule has 2 aromatic rings. The van der Waals surface area contributed by atoms with Gasteiger partial charge in [0.2, 0.25) is 0 Å². The molecule has 0 amide bonds. The van der Waals surface area contributed by atoms with Crippen LogP contribution in [0.25, 0.3) is 11.2 Å². The summed E-state index contributed by atoms with van der Waals surface area (Å²) < 4.78 is 0. The molecule has 0 unspecified atom stereocenters. The van der Waals surface area contributed by atoms with E-state index in [0.717, 1.165) is 11.4 Å². The Bertz CT molecular complexity index is 584. The van der Waals surface area contributed by atoms with E-state index in [1.54, 1.807) is 0 Å². The first-order valence-electron chi connectivity index (χ1n) is 4.99. The number of aliphatic carboxylic acids is 1. The minimum Gasteiger partial charge on any atom is -0.480 e. The standard InChI is InChI=1S/C10H11N5O2/c1-5-6(2)15-10-8(14-5)9(12-4-13-10)11-3-7(16)17/h4H,3H2,1-2H3,(H,16,17)(H,11,12,13,15). The molecule has 0 spiro atoms. The van der Waals surface area contributed by atoms with E-state index in [1.165, 1.54) is 6.33 Å². The van der Waals surface area contributed by atoms with Gasteiger partial charge in [0, 0.05) is 0 Å².